The van der Waals surface area contributed by atoms with Crippen molar-refractivity contribution in [3.05, 3.63) is 57.9 Å². The third-order valence-corrected chi connectivity index (χ3v) is 8.65. The number of benzene rings is 2. The molecule has 0 atom stereocenters. The number of nitrogens with zero attached hydrogens (tertiary/aromatic N) is 5. The first-order valence-electron chi connectivity index (χ1n) is 10.8. The molecule has 0 radical (unpaired) electrons. The van der Waals surface area contributed by atoms with Gasteiger partial charge in [0.15, 0.2) is 5.65 Å². The number of hydrogen-bond acceptors (Lipinski definition) is 7. The number of aromatic nitrogens is 4. The van der Waals surface area contributed by atoms with E-state index in [0.717, 1.165) is 37.4 Å². The van der Waals surface area contributed by atoms with Gasteiger partial charge in [0, 0.05) is 37.3 Å². The van der Waals surface area contributed by atoms with Crippen molar-refractivity contribution in [1.82, 2.24) is 24.7 Å². The van der Waals surface area contributed by atoms with Crippen molar-refractivity contribution in [1.29, 1.82) is 0 Å². The minimum absolute atomic E-state index is 0.0744. The summed E-state index contributed by atoms with van der Waals surface area (Å²) in [4.78, 5) is 20.3. The van der Waals surface area contributed by atoms with Crippen LogP contribution in [0.5, 0.6) is 0 Å². The summed E-state index contributed by atoms with van der Waals surface area (Å²) >= 11 is 0. The molecule has 0 amide bonds. The topological polar surface area (TPSA) is 104 Å². The van der Waals surface area contributed by atoms with E-state index in [9.17, 15) is 13.2 Å². The van der Waals surface area contributed by atoms with Gasteiger partial charge in [-0.3, -0.25) is 4.79 Å². The lowest BCUT2D eigenvalue weighted by atomic mass is 9.73. The number of nitrogens with one attached hydrogen (secondary N) is 1. The van der Waals surface area contributed by atoms with Gasteiger partial charge in [0.25, 0.3) is 5.56 Å². The van der Waals surface area contributed by atoms with Crippen LogP contribution in [0.15, 0.2) is 51.1 Å². The van der Waals surface area contributed by atoms with Crippen molar-refractivity contribution in [2.24, 2.45) is 5.41 Å². The molecule has 0 aliphatic carbocycles. The molecule has 2 aliphatic rings. The Bertz CT molecular complexity index is 1610. The molecule has 33 heavy (non-hydrogen) atoms. The van der Waals surface area contributed by atoms with Gasteiger partial charge in [0.05, 0.1) is 15.8 Å². The molecule has 0 saturated carbocycles. The summed E-state index contributed by atoms with van der Waals surface area (Å²) in [5.74, 6) is 0. The minimum Gasteiger partial charge on any atom is -0.370 e. The molecule has 9 nitrogen and oxygen atoms in total. The molecule has 4 heterocycles. The van der Waals surface area contributed by atoms with Crippen LogP contribution in [0.3, 0.4) is 0 Å². The lowest BCUT2D eigenvalue weighted by Crippen LogP contribution is -2.71. The number of anilines is 1. The SMILES string of the molecule is Cc1ccc(S(=O)(=O)c2nnn3c2[nH]c(=O)c2ccc(N4CC5(CN(C)C5)C4)cc23)c(C)c1. The van der Waals surface area contributed by atoms with Gasteiger partial charge in [0.2, 0.25) is 14.9 Å². The van der Waals surface area contributed by atoms with Crippen LogP contribution < -0.4 is 10.5 Å². The molecule has 4 aromatic rings. The smallest absolute Gasteiger partial charge is 0.259 e. The monoisotopic (exact) mass is 464 g/mol. The van der Waals surface area contributed by atoms with Gasteiger partial charge >= 0.3 is 0 Å². The average Bonchev–Trinajstić information content (AvgIpc) is 3.14. The third-order valence-electron chi connectivity index (χ3n) is 6.83. The molecule has 1 spiro atoms. The summed E-state index contributed by atoms with van der Waals surface area (Å²) in [5, 5.41) is 8.31. The molecule has 2 fully saturated rings. The quantitative estimate of drug-likeness (QED) is 0.493. The molecule has 170 valence electrons. The zero-order chi connectivity index (χ0) is 23.1. The van der Waals surface area contributed by atoms with E-state index in [0.29, 0.717) is 21.9 Å². The predicted octanol–water partition coefficient (Wildman–Crippen LogP) is 1.77. The fourth-order valence-corrected chi connectivity index (χ4v) is 6.91. The van der Waals surface area contributed by atoms with E-state index in [1.54, 1.807) is 25.1 Å². The van der Waals surface area contributed by atoms with E-state index in [1.807, 2.05) is 25.1 Å². The summed E-state index contributed by atoms with van der Waals surface area (Å²) in [6, 6.07) is 10.7. The Balaban J connectivity index is 1.46. The first-order valence-corrected chi connectivity index (χ1v) is 12.3. The molecular weight excluding hydrogens is 440 g/mol. The maximum atomic E-state index is 13.4. The molecule has 6 rings (SSSR count). The molecule has 2 aliphatic heterocycles. The molecule has 2 saturated heterocycles. The fraction of sp³-hybridized carbons (Fsp3) is 0.348. The highest BCUT2D eigenvalue weighted by atomic mass is 32.2. The van der Waals surface area contributed by atoms with E-state index in [-0.39, 0.29) is 21.1 Å². The van der Waals surface area contributed by atoms with Gasteiger partial charge in [-0.05, 0) is 50.7 Å². The largest absolute Gasteiger partial charge is 0.370 e. The van der Waals surface area contributed by atoms with E-state index in [4.69, 9.17) is 0 Å². The van der Waals surface area contributed by atoms with Crippen LogP contribution >= 0.6 is 0 Å². The number of rotatable bonds is 3. The van der Waals surface area contributed by atoms with E-state index < -0.39 is 9.84 Å². The van der Waals surface area contributed by atoms with Crippen LogP contribution in [0.4, 0.5) is 5.69 Å². The van der Waals surface area contributed by atoms with Gasteiger partial charge in [-0.25, -0.2) is 8.42 Å². The lowest BCUT2D eigenvalue weighted by molar-refractivity contribution is -0.00237. The van der Waals surface area contributed by atoms with Crippen molar-refractivity contribution in [3.8, 4) is 0 Å². The number of aryl methyl sites for hydroxylation is 2. The number of likely N-dealkylation sites (tertiary alicyclic amines) is 1. The Morgan fingerprint density at radius 3 is 2.48 bits per heavy atom. The highest BCUT2D eigenvalue weighted by molar-refractivity contribution is 7.91. The number of H-pyrrole nitrogens is 1. The van der Waals surface area contributed by atoms with Crippen molar-refractivity contribution in [3.63, 3.8) is 0 Å². The van der Waals surface area contributed by atoms with Crippen LogP contribution in [0.1, 0.15) is 11.1 Å². The highest BCUT2D eigenvalue weighted by Crippen LogP contribution is 2.41. The summed E-state index contributed by atoms with van der Waals surface area (Å²) in [6.07, 6.45) is 0. The normalized spacial score (nSPS) is 18.1. The maximum Gasteiger partial charge on any atom is 0.259 e. The fourth-order valence-electron chi connectivity index (χ4n) is 5.43. The van der Waals surface area contributed by atoms with Crippen LogP contribution in [0.2, 0.25) is 0 Å². The number of sulfone groups is 1. The Morgan fingerprint density at radius 2 is 1.79 bits per heavy atom. The summed E-state index contributed by atoms with van der Waals surface area (Å²) in [5.41, 5.74) is 3.18. The van der Waals surface area contributed by atoms with Crippen LogP contribution in [0.25, 0.3) is 16.6 Å². The standard InChI is InChI=1S/C23H24N6O3S/c1-14-4-7-19(15(2)8-14)33(31,32)22-20-24-21(30)17-6-5-16(9-18(17)29(20)26-25-22)28-12-23(13-28)10-27(3)11-23/h4-9H,10-13H2,1-3H3,(H,24,30). The van der Waals surface area contributed by atoms with Gasteiger partial charge in [-0.15, -0.1) is 5.10 Å². The average molecular weight is 465 g/mol. The minimum atomic E-state index is -3.97. The zero-order valence-electron chi connectivity index (χ0n) is 18.7. The molecule has 2 aromatic carbocycles. The predicted molar refractivity (Wildman–Crippen MR) is 125 cm³/mol. The summed E-state index contributed by atoms with van der Waals surface area (Å²) in [6.45, 7) is 7.79. The second-order valence-electron chi connectivity index (χ2n) is 9.61. The zero-order valence-corrected chi connectivity index (χ0v) is 19.5. The van der Waals surface area contributed by atoms with Crippen LogP contribution in [-0.2, 0) is 9.84 Å². The molecule has 0 unspecified atom stereocenters. The van der Waals surface area contributed by atoms with Crippen LogP contribution in [0, 0.1) is 19.3 Å². The van der Waals surface area contributed by atoms with Crippen molar-refractivity contribution in [2.75, 3.05) is 38.1 Å². The van der Waals surface area contributed by atoms with Gasteiger partial charge in [-0.1, -0.05) is 22.9 Å². The van der Waals surface area contributed by atoms with Crippen molar-refractivity contribution >= 4 is 32.1 Å². The second-order valence-corrected chi connectivity index (χ2v) is 11.4. The molecule has 2 aromatic heterocycles. The summed E-state index contributed by atoms with van der Waals surface area (Å²) < 4.78 is 28.2. The van der Waals surface area contributed by atoms with E-state index in [2.05, 4.69) is 32.1 Å². The van der Waals surface area contributed by atoms with E-state index >= 15 is 0 Å². The van der Waals surface area contributed by atoms with Crippen LogP contribution in [-0.4, -0.2) is 66.4 Å². The Hall–Kier alpha value is -3.24. The summed E-state index contributed by atoms with van der Waals surface area (Å²) in [7, 11) is -1.84. The van der Waals surface area contributed by atoms with Crippen molar-refractivity contribution in [2.45, 2.75) is 23.8 Å². The molecule has 1 N–H and O–H groups in total. The Labute approximate surface area is 190 Å². The maximum absolute atomic E-state index is 13.4. The van der Waals surface area contributed by atoms with E-state index in [1.165, 1.54) is 4.52 Å². The highest BCUT2D eigenvalue weighted by Gasteiger charge is 2.50. The van der Waals surface area contributed by atoms with Crippen molar-refractivity contribution < 1.29 is 8.42 Å². The van der Waals surface area contributed by atoms with Gasteiger partial charge < -0.3 is 14.8 Å². The van der Waals surface area contributed by atoms with Gasteiger partial charge in [0.1, 0.15) is 0 Å². The molecule has 0 bridgehead atoms. The second kappa shape index (κ2) is 6.64. The van der Waals surface area contributed by atoms with Gasteiger partial charge in [-0.2, -0.15) is 4.52 Å². The number of aromatic amines is 1. The number of fused-ring (bicyclic) bond motifs is 3. The first-order chi connectivity index (χ1) is 15.7. The Morgan fingerprint density at radius 1 is 1.03 bits per heavy atom. The number of hydrogen-bond donors (Lipinski definition) is 1. The lowest BCUT2D eigenvalue weighted by Gasteiger charge is -2.60. The molecule has 10 heteroatoms. The first kappa shape index (κ1) is 20.4. The molecular formula is C23H24N6O3S. The Kier molecular flexibility index (Phi) is 4.10. The third kappa shape index (κ3) is 2.94.